The molecule has 0 amide bonds. The van der Waals surface area contributed by atoms with Gasteiger partial charge in [0.2, 0.25) is 0 Å². The number of rotatable bonds is 45. The second-order valence-corrected chi connectivity index (χ2v) is 20.3. The number of hydrogen-bond donors (Lipinski definition) is 4. The minimum atomic E-state index is -4.88. The van der Waals surface area contributed by atoms with E-state index in [1.807, 2.05) is 18.2 Å². The van der Waals surface area contributed by atoms with Crippen molar-refractivity contribution in [2.45, 2.75) is 212 Å². The highest BCUT2D eigenvalue weighted by Crippen LogP contribution is 2.44. The number of aliphatic hydroxyl groups excluding tert-OH is 1. The summed E-state index contributed by atoms with van der Waals surface area (Å²) in [5.41, 5.74) is 0. The Morgan fingerprint density at radius 1 is 0.561 bits per heavy atom. The molecule has 1 fully saturated rings. The molecule has 0 radical (unpaired) electrons. The molecule has 3 unspecified atom stereocenters. The Morgan fingerprint density at radius 2 is 1.02 bits per heavy atom. The number of carbonyl (C=O) groups is 2. The van der Waals surface area contributed by atoms with Crippen LogP contribution in [0.2, 0.25) is 0 Å². The first kappa shape index (κ1) is 61.8. The molecule has 0 aromatic heterocycles. The van der Waals surface area contributed by atoms with Crippen molar-refractivity contribution in [2.75, 3.05) is 26.4 Å². The number of allylic oxidation sites excluding steroid dienone is 8. The third kappa shape index (κ3) is 41.9. The van der Waals surface area contributed by atoms with E-state index in [1.165, 1.54) is 83.5 Å². The van der Waals surface area contributed by atoms with Crippen molar-refractivity contribution in [1.29, 1.82) is 0 Å². The zero-order valence-electron chi connectivity index (χ0n) is 40.6. The van der Waals surface area contributed by atoms with Crippen molar-refractivity contribution in [3.8, 4) is 0 Å². The first-order valence-electron chi connectivity index (χ1n) is 25.0. The summed E-state index contributed by atoms with van der Waals surface area (Å²) in [5, 5.41) is 9.78. The lowest BCUT2D eigenvalue weighted by atomic mass is 10.0. The molecular formula is C50H88O14P2. The first-order valence-corrected chi connectivity index (χ1v) is 28.0. The van der Waals surface area contributed by atoms with Gasteiger partial charge >= 0.3 is 27.6 Å². The van der Waals surface area contributed by atoms with Gasteiger partial charge in [0.15, 0.2) is 6.10 Å². The summed E-state index contributed by atoms with van der Waals surface area (Å²) in [4.78, 5) is 52.9. The van der Waals surface area contributed by atoms with Crippen LogP contribution in [0.3, 0.4) is 0 Å². The molecule has 1 aliphatic rings. The van der Waals surface area contributed by atoms with Crippen molar-refractivity contribution in [3.05, 3.63) is 60.8 Å². The Morgan fingerprint density at radius 3 is 1.53 bits per heavy atom. The predicted molar refractivity (Wildman–Crippen MR) is 261 cm³/mol. The van der Waals surface area contributed by atoms with Crippen molar-refractivity contribution >= 4 is 27.6 Å². The average Bonchev–Trinajstić information content (AvgIpc) is 4.02. The van der Waals surface area contributed by atoms with Crippen LogP contribution in [0.5, 0.6) is 0 Å². The van der Waals surface area contributed by atoms with Gasteiger partial charge in [0.05, 0.1) is 32.0 Å². The molecular weight excluding hydrogens is 886 g/mol. The Hall–Kier alpha value is -2.22. The molecule has 14 nitrogen and oxygen atoms in total. The van der Waals surface area contributed by atoms with Crippen LogP contribution in [0.4, 0.5) is 0 Å². The molecule has 66 heavy (non-hydrogen) atoms. The number of phosphoric acid groups is 2. The zero-order valence-corrected chi connectivity index (χ0v) is 42.4. The highest BCUT2D eigenvalue weighted by Gasteiger charge is 2.36. The summed E-state index contributed by atoms with van der Waals surface area (Å²) in [6.45, 7) is 3.92. The molecule has 0 aromatic carbocycles. The van der Waals surface area contributed by atoms with Crippen LogP contribution in [-0.2, 0) is 46.5 Å². The van der Waals surface area contributed by atoms with Crippen molar-refractivity contribution in [1.82, 2.24) is 0 Å². The molecule has 0 aromatic rings. The molecule has 4 N–H and O–H groups in total. The van der Waals surface area contributed by atoms with Crippen LogP contribution in [0, 0.1) is 5.92 Å². The number of esters is 2. The fourth-order valence-electron chi connectivity index (χ4n) is 6.90. The van der Waals surface area contributed by atoms with Gasteiger partial charge in [0, 0.05) is 12.8 Å². The Bertz CT molecular complexity index is 1470. The highest BCUT2D eigenvalue weighted by atomic mass is 31.2. The number of aliphatic hydroxyl groups is 1. The first-order chi connectivity index (χ1) is 31.7. The normalized spacial score (nSPS) is 17.5. The minimum Gasteiger partial charge on any atom is -0.462 e. The third-order valence-electron chi connectivity index (χ3n) is 10.8. The summed E-state index contributed by atoms with van der Waals surface area (Å²) >= 11 is 0. The number of unbranched alkanes of at least 4 members (excludes halogenated alkanes) is 15. The van der Waals surface area contributed by atoms with Crippen LogP contribution in [0.15, 0.2) is 60.8 Å². The number of ether oxygens (including phenoxy) is 3. The topological polar surface area (TPSA) is 208 Å². The van der Waals surface area contributed by atoms with Gasteiger partial charge in [-0.1, -0.05) is 184 Å². The summed E-state index contributed by atoms with van der Waals surface area (Å²) in [7, 11) is -9.71. The summed E-state index contributed by atoms with van der Waals surface area (Å²) < 4.78 is 53.6. The van der Waals surface area contributed by atoms with Gasteiger partial charge in [-0.25, -0.2) is 9.13 Å². The highest BCUT2D eigenvalue weighted by molar-refractivity contribution is 7.47. The molecule has 0 spiro atoms. The Kier molecular flexibility index (Phi) is 38.1. The SMILES string of the molecule is CC/C=C\CC1OC1C/C=C\C/C=C\C/C=C\C/C=C\CCC(=O)OC[C@H](COP(=O)(O)OC[C@@H](O)COP(=O)(O)O)OC(=O)CCCCCCCCCCCCCCCCCCC(C)C. The molecule has 1 saturated heterocycles. The van der Waals surface area contributed by atoms with E-state index in [1.54, 1.807) is 0 Å². The second kappa shape index (κ2) is 40.6. The van der Waals surface area contributed by atoms with Crippen LogP contribution in [-0.4, -0.2) is 82.6 Å². The van der Waals surface area contributed by atoms with Crippen LogP contribution in [0.1, 0.15) is 188 Å². The van der Waals surface area contributed by atoms with Gasteiger partial charge in [-0.3, -0.25) is 23.2 Å². The molecule has 0 aliphatic carbocycles. The van der Waals surface area contributed by atoms with E-state index in [4.69, 9.17) is 33.0 Å². The lowest BCUT2D eigenvalue weighted by Crippen LogP contribution is -2.29. The maximum Gasteiger partial charge on any atom is 0.472 e. The lowest BCUT2D eigenvalue weighted by molar-refractivity contribution is -0.161. The number of carbonyl (C=O) groups excluding carboxylic acids is 2. The smallest absolute Gasteiger partial charge is 0.462 e. The van der Waals surface area contributed by atoms with E-state index in [0.717, 1.165) is 57.3 Å². The minimum absolute atomic E-state index is 0.0659. The van der Waals surface area contributed by atoms with Gasteiger partial charge in [0.25, 0.3) is 0 Å². The molecule has 1 aliphatic heterocycles. The van der Waals surface area contributed by atoms with Gasteiger partial charge in [0.1, 0.15) is 12.7 Å². The standard InChI is InChI=1S/C50H88O14P2/c1-4-5-30-36-47-48(64-47)37-32-27-23-19-15-12-13-16-20-24-28-33-38-49(52)59-42-46(43-62-66(57,58)61-41-45(51)40-60-65(54,55)56)63-50(53)39-34-29-25-21-17-11-9-7-6-8-10-14-18-22-26-31-35-44(2)3/h5,13,15-16,19,24,27-28,30,32,44-48,51H,4,6-12,14,17-18,20-23,25-26,29,31,33-43H2,1-3H3,(H,57,58)(H2,54,55,56)/b16-13-,19-15-,28-24-,30-5-,32-27-/t45-,46+,47?,48?/m0/s1. The van der Waals surface area contributed by atoms with Crippen molar-refractivity contribution in [3.63, 3.8) is 0 Å². The van der Waals surface area contributed by atoms with E-state index in [2.05, 4.69) is 67.8 Å². The second-order valence-electron chi connectivity index (χ2n) is 17.6. The predicted octanol–water partition coefficient (Wildman–Crippen LogP) is 12.4. The number of hydrogen-bond acceptors (Lipinski definition) is 11. The van der Waals surface area contributed by atoms with E-state index in [9.17, 15) is 28.7 Å². The fourth-order valence-corrected chi connectivity index (χ4v) is 8.05. The number of epoxide rings is 1. The lowest BCUT2D eigenvalue weighted by Gasteiger charge is -2.20. The van der Waals surface area contributed by atoms with Crippen LogP contribution < -0.4 is 0 Å². The van der Waals surface area contributed by atoms with Crippen molar-refractivity contribution < 1.29 is 66.3 Å². The quantitative estimate of drug-likeness (QED) is 0.0147. The van der Waals surface area contributed by atoms with Crippen molar-refractivity contribution in [2.24, 2.45) is 5.92 Å². The maximum absolute atomic E-state index is 12.7. The fraction of sp³-hybridized carbons (Fsp3) is 0.760. The molecule has 1 rings (SSSR count). The molecule has 16 heteroatoms. The molecule has 0 bridgehead atoms. The summed E-state index contributed by atoms with van der Waals surface area (Å²) in [6.07, 6.45) is 45.5. The summed E-state index contributed by atoms with van der Waals surface area (Å²) in [6, 6.07) is 0. The third-order valence-corrected chi connectivity index (χ3v) is 12.2. The van der Waals surface area contributed by atoms with E-state index in [0.29, 0.717) is 31.5 Å². The van der Waals surface area contributed by atoms with Gasteiger partial charge < -0.3 is 34.0 Å². The zero-order chi connectivity index (χ0) is 48.6. The number of phosphoric ester groups is 2. The average molecular weight is 975 g/mol. The Balaban J connectivity index is 2.34. The van der Waals surface area contributed by atoms with Gasteiger partial charge in [-0.15, -0.1) is 0 Å². The molecule has 382 valence electrons. The summed E-state index contributed by atoms with van der Waals surface area (Å²) in [5.74, 6) is -0.313. The largest absolute Gasteiger partial charge is 0.472 e. The van der Waals surface area contributed by atoms with Crippen LogP contribution >= 0.6 is 15.6 Å². The van der Waals surface area contributed by atoms with E-state index in [-0.39, 0.29) is 12.8 Å². The van der Waals surface area contributed by atoms with E-state index >= 15 is 0 Å². The molecule has 1 heterocycles. The maximum atomic E-state index is 12.7. The van der Waals surface area contributed by atoms with Crippen LogP contribution in [0.25, 0.3) is 0 Å². The molecule has 5 atom stereocenters. The Labute approximate surface area is 397 Å². The molecule has 0 saturated carbocycles. The van der Waals surface area contributed by atoms with Gasteiger partial charge in [-0.05, 0) is 57.3 Å². The monoisotopic (exact) mass is 975 g/mol. The van der Waals surface area contributed by atoms with Gasteiger partial charge in [-0.2, -0.15) is 0 Å². The van der Waals surface area contributed by atoms with E-state index < -0.39 is 66.2 Å².